The fourth-order valence-corrected chi connectivity index (χ4v) is 2.99. The second kappa shape index (κ2) is 18.9. The van der Waals surface area contributed by atoms with Crippen molar-refractivity contribution in [3.8, 4) is 0 Å². The van der Waals surface area contributed by atoms with Gasteiger partial charge in [-0.2, -0.15) is 0 Å². The molecule has 0 rings (SSSR count). The van der Waals surface area contributed by atoms with Crippen LogP contribution in [0.5, 0.6) is 0 Å². The van der Waals surface area contributed by atoms with Gasteiger partial charge in [-0.15, -0.1) is 0 Å². The van der Waals surface area contributed by atoms with Gasteiger partial charge in [0.25, 0.3) is 0 Å². The smallest absolute Gasteiger partial charge is 0.128 e. The van der Waals surface area contributed by atoms with Crippen LogP contribution in [0.4, 0.5) is 8.78 Å². The maximum atomic E-state index is 12.6. The first kappa shape index (κ1) is 21.9. The van der Waals surface area contributed by atoms with Crippen molar-refractivity contribution in [2.24, 2.45) is 0 Å². The molecule has 0 fully saturated rings. The van der Waals surface area contributed by atoms with Crippen molar-refractivity contribution in [1.82, 2.24) is 0 Å². The normalized spacial score (nSPS) is 12.7. The lowest BCUT2D eigenvalue weighted by Gasteiger charge is -2.04. The molecule has 0 N–H and O–H groups in total. The van der Waals surface area contributed by atoms with E-state index in [1.165, 1.54) is 89.9 Å². The van der Waals surface area contributed by atoms with Gasteiger partial charge in [-0.05, 0) is 6.42 Å². The van der Waals surface area contributed by atoms with E-state index in [2.05, 4.69) is 6.92 Å². The Labute approximate surface area is 138 Å². The quantitative estimate of drug-likeness (QED) is 0.225. The zero-order valence-electron chi connectivity index (χ0n) is 15.1. The second-order valence-electron chi connectivity index (χ2n) is 6.84. The Balaban J connectivity index is 2.97. The molecule has 0 nitrogen and oxygen atoms in total. The largest absolute Gasteiger partial charge is 0.248 e. The molecule has 0 spiro atoms. The molecule has 0 aromatic carbocycles. The molecule has 0 saturated heterocycles. The summed E-state index contributed by atoms with van der Waals surface area (Å²) in [4.78, 5) is 0. The van der Waals surface area contributed by atoms with Crippen LogP contribution < -0.4 is 0 Å². The van der Waals surface area contributed by atoms with Gasteiger partial charge in [-0.3, -0.25) is 0 Å². The van der Waals surface area contributed by atoms with E-state index in [0.717, 1.165) is 12.8 Å². The van der Waals surface area contributed by atoms with Crippen LogP contribution in [-0.2, 0) is 0 Å². The molecule has 0 bridgehead atoms. The first-order chi connectivity index (χ1) is 10.8. The van der Waals surface area contributed by atoms with E-state index in [4.69, 9.17) is 0 Å². The molecule has 1 unspecified atom stereocenters. The van der Waals surface area contributed by atoms with Gasteiger partial charge in [0.2, 0.25) is 0 Å². The number of hydrogen-bond acceptors (Lipinski definition) is 0. The van der Waals surface area contributed by atoms with Gasteiger partial charge in [0.05, 0.1) is 0 Å². The third-order valence-corrected chi connectivity index (χ3v) is 4.54. The second-order valence-corrected chi connectivity index (χ2v) is 6.84. The van der Waals surface area contributed by atoms with Crippen molar-refractivity contribution in [2.75, 3.05) is 6.67 Å². The molecule has 0 amide bonds. The molecule has 0 aromatic rings. The van der Waals surface area contributed by atoms with E-state index in [1.807, 2.05) is 0 Å². The van der Waals surface area contributed by atoms with Gasteiger partial charge < -0.3 is 0 Å². The van der Waals surface area contributed by atoms with E-state index in [1.54, 1.807) is 0 Å². The highest BCUT2D eigenvalue weighted by molar-refractivity contribution is 4.54. The van der Waals surface area contributed by atoms with Crippen molar-refractivity contribution in [3.63, 3.8) is 0 Å². The minimum absolute atomic E-state index is 0.412. The molecule has 0 heterocycles. The van der Waals surface area contributed by atoms with Crippen LogP contribution in [0.1, 0.15) is 116 Å². The SMILES string of the molecule is CCCCCCCCCCCCCCCCCCC(F)CF. The maximum absolute atomic E-state index is 12.6. The zero-order chi connectivity index (χ0) is 16.3. The van der Waals surface area contributed by atoms with Crippen molar-refractivity contribution >= 4 is 0 Å². The fraction of sp³-hybridized carbons (Fsp3) is 1.00. The molecule has 134 valence electrons. The number of alkyl halides is 2. The summed E-state index contributed by atoms with van der Waals surface area (Å²) in [5.74, 6) is 0. The third-order valence-electron chi connectivity index (χ3n) is 4.54. The highest BCUT2D eigenvalue weighted by Crippen LogP contribution is 2.14. The monoisotopic (exact) mass is 318 g/mol. The summed E-state index contributed by atoms with van der Waals surface area (Å²) in [6.45, 7) is 1.46. The number of rotatable bonds is 18. The topological polar surface area (TPSA) is 0 Å². The average Bonchev–Trinajstić information content (AvgIpc) is 2.54. The fourth-order valence-electron chi connectivity index (χ4n) is 2.99. The minimum Gasteiger partial charge on any atom is -0.248 e. The molecule has 1 atom stereocenters. The summed E-state index contributed by atoms with van der Waals surface area (Å²) in [6.07, 6.45) is 20.3. The average molecular weight is 319 g/mol. The van der Waals surface area contributed by atoms with Crippen LogP contribution in [0.2, 0.25) is 0 Å². The summed E-state index contributed by atoms with van der Waals surface area (Å²) in [7, 11) is 0. The predicted molar refractivity (Wildman–Crippen MR) is 95.0 cm³/mol. The summed E-state index contributed by atoms with van der Waals surface area (Å²) in [5.41, 5.74) is 0. The van der Waals surface area contributed by atoms with Crippen LogP contribution in [-0.4, -0.2) is 12.8 Å². The molecular formula is C20H40F2. The van der Waals surface area contributed by atoms with Gasteiger partial charge in [0, 0.05) is 0 Å². The number of halogens is 2. The zero-order valence-corrected chi connectivity index (χ0v) is 15.1. The third kappa shape index (κ3) is 17.9. The lowest BCUT2D eigenvalue weighted by Crippen LogP contribution is -2.01. The summed E-state index contributed by atoms with van der Waals surface area (Å²) < 4.78 is 24.5. The van der Waals surface area contributed by atoms with Crippen LogP contribution in [0.3, 0.4) is 0 Å². The van der Waals surface area contributed by atoms with E-state index in [0.29, 0.717) is 6.42 Å². The molecule has 0 aliphatic rings. The van der Waals surface area contributed by atoms with Crippen molar-refractivity contribution in [2.45, 2.75) is 122 Å². The Morgan fingerprint density at radius 1 is 0.545 bits per heavy atom. The van der Waals surface area contributed by atoms with Gasteiger partial charge in [0.1, 0.15) is 12.8 Å². The van der Waals surface area contributed by atoms with Crippen LogP contribution in [0.15, 0.2) is 0 Å². The Morgan fingerprint density at radius 2 is 0.864 bits per heavy atom. The number of hydrogen-bond donors (Lipinski definition) is 0. The molecule has 0 aromatic heterocycles. The Morgan fingerprint density at radius 3 is 1.18 bits per heavy atom. The van der Waals surface area contributed by atoms with Gasteiger partial charge in [-0.1, -0.05) is 110 Å². The lowest BCUT2D eigenvalue weighted by atomic mass is 10.0. The standard InChI is InChI=1S/C20H40F2/c1-2-3-4-5-6-7-8-9-10-11-12-13-14-15-16-17-18-20(22)19-21/h20H,2-19H2,1H3. The molecular weight excluding hydrogens is 278 g/mol. The van der Waals surface area contributed by atoms with Crippen LogP contribution >= 0.6 is 0 Å². The van der Waals surface area contributed by atoms with Crippen molar-refractivity contribution in [3.05, 3.63) is 0 Å². The van der Waals surface area contributed by atoms with E-state index < -0.39 is 12.8 Å². The Bertz CT molecular complexity index is 194. The summed E-state index contributed by atoms with van der Waals surface area (Å²) >= 11 is 0. The lowest BCUT2D eigenvalue weighted by molar-refractivity contribution is 0.241. The number of unbranched alkanes of at least 4 members (excludes halogenated alkanes) is 15. The summed E-state index contributed by atoms with van der Waals surface area (Å²) in [6, 6.07) is 0. The van der Waals surface area contributed by atoms with Gasteiger partial charge >= 0.3 is 0 Å². The first-order valence-electron chi connectivity index (χ1n) is 10.0. The van der Waals surface area contributed by atoms with Crippen molar-refractivity contribution in [1.29, 1.82) is 0 Å². The first-order valence-corrected chi connectivity index (χ1v) is 10.0. The molecule has 0 saturated carbocycles. The highest BCUT2D eigenvalue weighted by atomic mass is 19.2. The highest BCUT2D eigenvalue weighted by Gasteiger charge is 2.03. The Hall–Kier alpha value is -0.140. The maximum Gasteiger partial charge on any atom is 0.128 e. The minimum atomic E-state index is -1.22. The van der Waals surface area contributed by atoms with E-state index in [9.17, 15) is 8.78 Å². The van der Waals surface area contributed by atoms with Crippen LogP contribution in [0, 0.1) is 0 Å². The molecule has 0 aliphatic heterocycles. The molecule has 0 radical (unpaired) electrons. The molecule has 0 aliphatic carbocycles. The Kier molecular flexibility index (Phi) is 18.8. The molecule has 2 heteroatoms. The van der Waals surface area contributed by atoms with Gasteiger partial charge in [-0.25, -0.2) is 8.78 Å². The van der Waals surface area contributed by atoms with Gasteiger partial charge in [0.15, 0.2) is 0 Å². The summed E-state index contributed by atoms with van der Waals surface area (Å²) in [5, 5.41) is 0. The molecule has 22 heavy (non-hydrogen) atoms. The van der Waals surface area contributed by atoms with Crippen LogP contribution in [0.25, 0.3) is 0 Å². The van der Waals surface area contributed by atoms with E-state index >= 15 is 0 Å². The predicted octanol–water partition coefficient (Wildman–Crippen LogP) is 7.95. The van der Waals surface area contributed by atoms with E-state index in [-0.39, 0.29) is 0 Å². The van der Waals surface area contributed by atoms with Crippen molar-refractivity contribution < 1.29 is 8.78 Å².